The molecule has 0 aliphatic carbocycles. The predicted molar refractivity (Wildman–Crippen MR) is 32.6 cm³/mol. The van der Waals surface area contributed by atoms with Crippen LogP contribution in [-0.4, -0.2) is 40.9 Å². The molecule has 0 aromatic heterocycles. The molecule has 0 aromatic rings. The van der Waals surface area contributed by atoms with Crippen molar-refractivity contribution in [3.63, 3.8) is 0 Å². The molecule has 1 saturated heterocycles. The number of nitrogens with one attached hydrogen (secondary N) is 1. The van der Waals surface area contributed by atoms with Crippen LogP contribution in [0.2, 0.25) is 0 Å². The van der Waals surface area contributed by atoms with E-state index in [0.717, 1.165) is 0 Å². The van der Waals surface area contributed by atoms with Crippen LogP contribution < -0.4 is 5.32 Å². The lowest BCUT2D eigenvalue weighted by molar-refractivity contribution is 0.194. The van der Waals surface area contributed by atoms with Crippen molar-refractivity contribution in [2.24, 2.45) is 0 Å². The molecule has 4 nitrogen and oxygen atoms in total. The standard InChI is InChI=1S/C4H10BNO3/c7-3-1-4(5(8)9)6-2-3/h3-4,6-9H,1-2H2/t3-,4-/m0/s1. The maximum atomic E-state index is 8.86. The number of aliphatic hydroxyl groups excluding tert-OH is 1. The van der Waals surface area contributed by atoms with Crippen LogP contribution in [0.3, 0.4) is 0 Å². The number of hydrogen-bond acceptors (Lipinski definition) is 4. The molecule has 0 unspecified atom stereocenters. The topological polar surface area (TPSA) is 72.7 Å². The Kier molecular flexibility index (Phi) is 2.07. The molecule has 1 aliphatic rings. The van der Waals surface area contributed by atoms with Crippen molar-refractivity contribution < 1.29 is 15.2 Å². The van der Waals surface area contributed by atoms with Crippen molar-refractivity contribution in [2.45, 2.75) is 18.5 Å². The van der Waals surface area contributed by atoms with Crippen LogP contribution in [0.4, 0.5) is 0 Å². The van der Waals surface area contributed by atoms with Crippen LogP contribution in [0.1, 0.15) is 6.42 Å². The van der Waals surface area contributed by atoms with Gasteiger partial charge in [-0.2, -0.15) is 0 Å². The smallest absolute Gasteiger partial charge is 0.426 e. The second kappa shape index (κ2) is 2.66. The first-order valence-electron chi connectivity index (χ1n) is 2.97. The average Bonchev–Trinajstić information content (AvgIpc) is 2.14. The molecule has 0 saturated carbocycles. The van der Waals surface area contributed by atoms with Crippen molar-refractivity contribution in [3.05, 3.63) is 0 Å². The molecule has 0 amide bonds. The Morgan fingerprint density at radius 1 is 1.44 bits per heavy atom. The lowest BCUT2D eigenvalue weighted by atomic mass is 9.78. The van der Waals surface area contributed by atoms with Crippen LogP contribution >= 0.6 is 0 Å². The molecule has 0 bridgehead atoms. The van der Waals surface area contributed by atoms with E-state index >= 15 is 0 Å². The van der Waals surface area contributed by atoms with Crippen LogP contribution in [0, 0.1) is 0 Å². The predicted octanol–water partition coefficient (Wildman–Crippen LogP) is -2.28. The van der Waals surface area contributed by atoms with Crippen molar-refractivity contribution >= 4 is 7.12 Å². The van der Waals surface area contributed by atoms with E-state index in [9.17, 15) is 0 Å². The fourth-order valence-corrected chi connectivity index (χ4v) is 0.974. The normalized spacial score (nSPS) is 35.0. The zero-order valence-corrected chi connectivity index (χ0v) is 4.99. The highest BCUT2D eigenvalue weighted by molar-refractivity contribution is 6.43. The van der Waals surface area contributed by atoms with Crippen LogP contribution in [0.25, 0.3) is 0 Å². The average molecular weight is 131 g/mol. The second-order valence-corrected chi connectivity index (χ2v) is 2.32. The van der Waals surface area contributed by atoms with E-state index in [1.165, 1.54) is 0 Å². The van der Waals surface area contributed by atoms with E-state index in [2.05, 4.69) is 5.32 Å². The number of β-amino-alcohol motifs (C(OH)–C–C–N with tert-alkyl or cyclic N) is 1. The summed E-state index contributed by atoms with van der Waals surface area (Å²) < 4.78 is 0. The third-order valence-corrected chi connectivity index (χ3v) is 1.50. The molecule has 52 valence electrons. The van der Waals surface area contributed by atoms with E-state index in [1.807, 2.05) is 0 Å². The molecule has 1 aliphatic heterocycles. The van der Waals surface area contributed by atoms with E-state index in [-0.39, 0.29) is 5.94 Å². The lowest BCUT2D eigenvalue weighted by Crippen LogP contribution is -2.38. The van der Waals surface area contributed by atoms with Gasteiger partial charge < -0.3 is 20.5 Å². The summed E-state index contributed by atoms with van der Waals surface area (Å²) in [4.78, 5) is 0. The summed E-state index contributed by atoms with van der Waals surface area (Å²) in [6.07, 6.45) is 0.00861. The molecule has 0 radical (unpaired) electrons. The summed E-state index contributed by atoms with van der Waals surface area (Å²) in [6, 6.07) is 0. The summed E-state index contributed by atoms with van der Waals surface area (Å²) in [6.45, 7) is 0.461. The molecule has 1 rings (SSSR count). The number of rotatable bonds is 1. The Morgan fingerprint density at radius 2 is 2.11 bits per heavy atom. The van der Waals surface area contributed by atoms with Crippen molar-refractivity contribution in [3.8, 4) is 0 Å². The zero-order valence-electron chi connectivity index (χ0n) is 4.99. The molecule has 5 heteroatoms. The van der Waals surface area contributed by atoms with E-state index < -0.39 is 13.2 Å². The van der Waals surface area contributed by atoms with Gasteiger partial charge in [-0.15, -0.1) is 0 Å². The molecule has 1 heterocycles. The molecule has 9 heavy (non-hydrogen) atoms. The minimum Gasteiger partial charge on any atom is -0.426 e. The first-order chi connectivity index (χ1) is 4.20. The molecule has 2 atom stereocenters. The molecule has 0 aromatic carbocycles. The minimum absolute atomic E-state index is 0.347. The first kappa shape index (κ1) is 7.02. The maximum Gasteiger partial charge on any atom is 0.469 e. The third kappa shape index (κ3) is 1.66. The van der Waals surface area contributed by atoms with Gasteiger partial charge in [0.15, 0.2) is 0 Å². The van der Waals surface area contributed by atoms with Crippen LogP contribution in [0.15, 0.2) is 0 Å². The molecular weight excluding hydrogens is 121 g/mol. The van der Waals surface area contributed by atoms with Crippen LogP contribution in [-0.2, 0) is 0 Å². The summed E-state index contributed by atoms with van der Waals surface area (Å²) in [5, 5.41) is 28.7. The summed E-state index contributed by atoms with van der Waals surface area (Å²) in [5.41, 5.74) is 0. The van der Waals surface area contributed by atoms with Gasteiger partial charge in [-0.25, -0.2) is 0 Å². The third-order valence-electron chi connectivity index (χ3n) is 1.50. The lowest BCUT2D eigenvalue weighted by Gasteiger charge is -2.05. The van der Waals surface area contributed by atoms with Gasteiger partial charge in [-0.1, -0.05) is 0 Å². The highest BCUT2D eigenvalue weighted by Gasteiger charge is 2.30. The summed E-state index contributed by atoms with van der Waals surface area (Å²) in [5.74, 6) is -0.347. The van der Waals surface area contributed by atoms with E-state index in [0.29, 0.717) is 13.0 Å². The Balaban J connectivity index is 2.30. The van der Waals surface area contributed by atoms with Gasteiger partial charge in [0.05, 0.1) is 6.10 Å². The van der Waals surface area contributed by atoms with Gasteiger partial charge in [0.25, 0.3) is 0 Å². The molecule has 1 fully saturated rings. The largest absolute Gasteiger partial charge is 0.469 e. The Labute approximate surface area is 53.7 Å². The van der Waals surface area contributed by atoms with Gasteiger partial charge in [0, 0.05) is 12.5 Å². The molecular formula is C4H10BNO3. The van der Waals surface area contributed by atoms with Crippen LogP contribution in [0.5, 0.6) is 0 Å². The fraction of sp³-hybridized carbons (Fsp3) is 1.00. The van der Waals surface area contributed by atoms with Gasteiger partial charge in [-0.3, -0.25) is 0 Å². The fourth-order valence-electron chi connectivity index (χ4n) is 0.974. The zero-order chi connectivity index (χ0) is 6.85. The quantitative estimate of drug-likeness (QED) is 0.302. The van der Waals surface area contributed by atoms with Gasteiger partial charge in [-0.05, 0) is 6.42 Å². The second-order valence-electron chi connectivity index (χ2n) is 2.32. The molecule has 0 spiro atoms. The Morgan fingerprint density at radius 3 is 2.33 bits per heavy atom. The molecule has 4 N–H and O–H groups in total. The highest BCUT2D eigenvalue weighted by Crippen LogP contribution is 2.05. The van der Waals surface area contributed by atoms with E-state index in [1.54, 1.807) is 0 Å². The SMILES string of the molecule is OB(O)[C@@H]1C[C@H](O)CN1. The monoisotopic (exact) mass is 131 g/mol. The Bertz CT molecular complexity index is 99.8. The highest BCUT2D eigenvalue weighted by atomic mass is 16.4. The van der Waals surface area contributed by atoms with Crippen molar-refractivity contribution in [1.82, 2.24) is 5.32 Å². The maximum absolute atomic E-state index is 8.86. The van der Waals surface area contributed by atoms with Gasteiger partial charge >= 0.3 is 7.12 Å². The summed E-state index contributed by atoms with van der Waals surface area (Å²) in [7, 11) is -1.35. The van der Waals surface area contributed by atoms with E-state index in [4.69, 9.17) is 15.2 Å². The first-order valence-corrected chi connectivity index (χ1v) is 2.97. The Hall–Kier alpha value is -0.0951. The van der Waals surface area contributed by atoms with Crippen molar-refractivity contribution in [2.75, 3.05) is 6.54 Å². The number of aliphatic hydroxyl groups is 1. The minimum atomic E-state index is -1.35. The van der Waals surface area contributed by atoms with Gasteiger partial charge in [0.1, 0.15) is 0 Å². The van der Waals surface area contributed by atoms with Crippen molar-refractivity contribution in [1.29, 1.82) is 0 Å². The summed E-state index contributed by atoms with van der Waals surface area (Å²) >= 11 is 0. The number of hydrogen-bond donors (Lipinski definition) is 4. The van der Waals surface area contributed by atoms with Gasteiger partial charge in [0.2, 0.25) is 0 Å².